The summed E-state index contributed by atoms with van der Waals surface area (Å²) < 4.78 is 0. The number of rotatable bonds is 5. The molecular weight excluding hydrogens is 196 g/mol. The van der Waals surface area contributed by atoms with Crippen LogP contribution in [0.15, 0.2) is 0 Å². The summed E-state index contributed by atoms with van der Waals surface area (Å²) in [4.78, 5) is 0. The van der Waals surface area contributed by atoms with Gasteiger partial charge in [-0.1, -0.05) is 51.9 Å². The third kappa shape index (κ3) is 3.23. The summed E-state index contributed by atoms with van der Waals surface area (Å²) >= 11 is 0. The Labute approximate surface area is 101 Å². The van der Waals surface area contributed by atoms with E-state index < -0.39 is 0 Å². The molecule has 0 saturated heterocycles. The van der Waals surface area contributed by atoms with Crippen LogP contribution in [0.3, 0.4) is 0 Å². The lowest BCUT2D eigenvalue weighted by atomic mass is 9.73. The Kier molecular flexibility index (Phi) is 4.69. The Bertz CT molecular complexity index is 190. The van der Waals surface area contributed by atoms with Crippen molar-refractivity contribution in [2.24, 2.45) is 17.8 Å². The van der Waals surface area contributed by atoms with E-state index >= 15 is 0 Å². The highest BCUT2D eigenvalue weighted by molar-refractivity contribution is 4.81. The van der Waals surface area contributed by atoms with Gasteiger partial charge in [-0.3, -0.25) is 0 Å². The van der Waals surface area contributed by atoms with Gasteiger partial charge in [0.25, 0.3) is 0 Å². The van der Waals surface area contributed by atoms with Crippen LogP contribution in [0.4, 0.5) is 0 Å². The molecule has 0 aromatic rings. The molecule has 0 aromatic heterocycles. The lowest BCUT2D eigenvalue weighted by molar-refractivity contribution is 0.0405. The van der Waals surface area contributed by atoms with Crippen molar-refractivity contribution >= 4 is 0 Å². The minimum absolute atomic E-state index is 0.0212. The Morgan fingerprint density at radius 1 is 1.00 bits per heavy atom. The van der Waals surface area contributed by atoms with Gasteiger partial charge in [-0.2, -0.15) is 0 Å². The van der Waals surface area contributed by atoms with E-state index in [9.17, 15) is 5.11 Å². The van der Waals surface area contributed by atoms with Gasteiger partial charge in [-0.25, -0.2) is 0 Å². The number of hydrogen-bond donors (Lipinski definition) is 1. The summed E-state index contributed by atoms with van der Waals surface area (Å²) in [6.45, 7) is 2.29. The summed E-state index contributed by atoms with van der Waals surface area (Å²) in [7, 11) is 0. The zero-order valence-corrected chi connectivity index (χ0v) is 10.8. The number of hydrogen-bond acceptors (Lipinski definition) is 1. The van der Waals surface area contributed by atoms with E-state index in [1.807, 2.05) is 0 Å². The average Bonchev–Trinajstić information content (AvgIpc) is 2.25. The van der Waals surface area contributed by atoms with Crippen LogP contribution in [0.1, 0.15) is 71.1 Å². The highest BCUT2D eigenvalue weighted by Crippen LogP contribution is 2.37. The standard InChI is InChI=1S/C15H28O/c1-2-4-12-7-9-14(10-8-12)15(16)11-13-5-3-6-13/h12-16H,2-11H2,1H3. The molecular formula is C15H28O. The SMILES string of the molecule is CCCC1CCC(C(O)CC2CCC2)CC1. The van der Waals surface area contributed by atoms with Gasteiger partial charge in [0, 0.05) is 0 Å². The van der Waals surface area contributed by atoms with E-state index in [2.05, 4.69) is 6.92 Å². The van der Waals surface area contributed by atoms with E-state index in [-0.39, 0.29) is 6.10 Å². The molecule has 2 fully saturated rings. The second kappa shape index (κ2) is 6.05. The van der Waals surface area contributed by atoms with Crippen molar-refractivity contribution in [1.82, 2.24) is 0 Å². The first-order valence-electron chi connectivity index (χ1n) is 7.47. The van der Waals surface area contributed by atoms with Crippen LogP contribution < -0.4 is 0 Å². The zero-order chi connectivity index (χ0) is 11.4. The number of aliphatic hydroxyl groups excluding tert-OH is 1. The van der Waals surface area contributed by atoms with Crippen LogP contribution in [0, 0.1) is 17.8 Å². The Hall–Kier alpha value is -0.0400. The normalized spacial score (nSPS) is 33.4. The zero-order valence-electron chi connectivity index (χ0n) is 10.8. The van der Waals surface area contributed by atoms with Gasteiger partial charge >= 0.3 is 0 Å². The van der Waals surface area contributed by atoms with Crippen molar-refractivity contribution in [2.45, 2.75) is 77.2 Å². The third-order valence-electron chi connectivity index (χ3n) is 4.93. The fourth-order valence-corrected chi connectivity index (χ4v) is 3.53. The van der Waals surface area contributed by atoms with E-state index in [4.69, 9.17) is 0 Å². The van der Waals surface area contributed by atoms with Gasteiger partial charge in [0.15, 0.2) is 0 Å². The maximum absolute atomic E-state index is 10.2. The van der Waals surface area contributed by atoms with E-state index in [1.54, 1.807) is 0 Å². The highest BCUT2D eigenvalue weighted by Gasteiger charge is 2.29. The van der Waals surface area contributed by atoms with Crippen LogP contribution in [0.5, 0.6) is 0 Å². The quantitative estimate of drug-likeness (QED) is 0.744. The lowest BCUT2D eigenvalue weighted by Gasteiger charge is -2.35. The summed E-state index contributed by atoms with van der Waals surface area (Å²) in [5.41, 5.74) is 0. The lowest BCUT2D eigenvalue weighted by Crippen LogP contribution is -2.29. The fraction of sp³-hybridized carbons (Fsp3) is 1.00. The highest BCUT2D eigenvalue weighted by atomic mass is 16.3. The van der Waals surface area contributed by atoms with Crippen LogP contribution in [-0.4, -0.2) is 11.2 Å². The predicted molar refractivity (Wildman–Crippen MR) is 68.3 cm³/mol. The van der Waals surface area contributed by atoms with E-state index in [0.29, 0.717) is 5.92 Å². The van der Waals surface area contributed by atoms with Crippen molar-refractivity contribution in [3.63, 3.8) is 0 Å². The van der Waals surface area contributed by atoms with Gasteiger partial charge < -0.3 is 5.11 Å². The first kappa shape index (κ1) is 12.4. The molecule has 0 aromatic carbocycles. The molecule has 1 N–H and O–H groups in total. The second-order valence-corrected chi connectivity index (χ2v) is 6.17. The van der Waals surface area contributed by atoms with Crippen molar-refractivity contribution in [3.05, 3.63) is 0 Å². The maximum atomic E-state index is 10.2. The van der Waals surface area contributed by atoms with Crippen molar-refractivity contribution in [2.75, 3.05) is 0 Å². The molecule has 1 nitrogen and oxygen atoms in total. The van der Waals surface area contributed by atoms with Crippen molar-refractivity contribution in [3.8, 4) is 0 Å². The summed E-state index contributed by atoms with van der Waals surface area (Å²) in [6.07, 6.45) is 13.4. The maximum Gasteiger partial charge on any atom is 0.0571 e. The van der Waals surface area contributed by atoms with Gasteiger partial charge in [0.2, 0.25) is 0 Å². The first-order valence-corrected chi connectivity index (χ1v) is 7.47. The average molecular weight is 224 g/mol. The monoisotopic (exact) mass is 224 g/mol. The molecule has 2 aliphatic carbocycles. The summed E-state index contributed by atoms with van der Waals surface area (Å²) in [5, 5.41) is 10.2. The number of aliphatic hydroxyl groups is 1. The Balaban J connectivity index is 1.66. The summed E-state index contributed by atoms with van der Waals surface area (Å²) in [6, 6.07) is 0. The molecule has 1 unspecified atom stereocenters. The molecule has 0 bridgehead atoms. The van der Waals surface area contributed by atoms with Crippen molar-refractivity contribution < 1.29 is 5.11 Å². The van der Waals surface area contributed by atoms with Crippen LogP contribution in [0.2, 0.25) is 0 Å². The van der Waals surface area contributed by atoms with E-state index in [1.165, 1.54) is 57.8 Å². The Morgan fingerprint density at radius 2 is 1.69 bits per heavy atom. The molecule has 94 valence electrons. The predicted octanol–water partition coefficient (Wildman–Crippen LogP) is 4.14. The minimum atomic E-state index is 0.0212. The van der Waals surface area contributed by atoms with Gasteiger partial charge in [-0.05, 0) is 37.0 Å². The smallest absolute Gasteiger partial charge is 0.0571 e. The van der Waals surface area contributed by atoms with Gasteiger partial charge in [0.1, 0.15) is 0 Å². The molecule has 2 rings (SSSR count). The first-order chi connectivity index (χ1) is 7.79. The molecule has 0 aliphatic heterocycles. The molecule has 1 heteroatoms. The van der Waals surface area contributed by atoms with E-state index in [0.717, 1.165) is 18.3 Å². The fourth-order valence-electron chi connectivity index (χ4n) is 3.53. The molecule has 2 saturated carbocycles. The molecule has 2 aliphatic rings. The van der Waals surface area contributed by atoms with Gasteiger partial charge in [-0.15, -0.1) is 0 Å². The minimum Gasteiger partial charge on any atom is -0.393 e. The molecule has 0 spiro atoms. The molecule has 16 heavy (non-hydrogen) atoms. The van der Waals surface area contributed by atoms with Crippen LogP contribution in [0.25, 0.3) is 0 Å². The molecule has 1 atom stereocenters. The molecule has 0 radical (unpaired) electrons. The van der Waals surface area contributed by atoms with Crippen LogP contribution in [-0.2, 0) is 0 Å². The topological polar surface area (TPSA) is 20.2 Å². The van der Waals surface area contributed by atoms with Crippen LogP contribution >= 0.6 is 0 Å². The summed E-state index contributed by atoms with van der Waals surface area (Å²) in [5.74, 6) is 2.47. The van der Waals surface area contributed by atoms with Crippen molar-refractivity contribution in [1.29, 1.82) is 0 Å². The second-order valence-electron chi connectivity index (χ2n) is 6.17. The Morgan fingerprint density at radius 3 is 2.19 bits per heavy atom. The van der Waals surface area contributed by atoms with Gasteiger partial charge in [0.05, 0.1) is 6.10 Å². The molecule has 0 amide bonds. The molecule has 0 heterocycles. The third-order valence-corrected chi connectivity index (χ3v) is 4.93. The largest absolute Gasteiger partial charge is 0.393 e.